The highest BCUT2D eigenvalue weighted by atomic mass is 32.2. The zero-order chi connectivity index (χ0) is 23.7. The van der Waals surface area contributed by atoms with E-state index in [4.69, 9.17) is 0 Å². The highest BCUT2D eigenvalue weighted by molar-refractivity contribution is 7.89. The van der Waals surface area contributed by atoms with Gasteiger partial charge in [-0.2, -0.15) is 4.31 Å². The molecule has 9 heteroatoms. The van der Waals surface area contributed by atoms with Crippen molar-refractivity contribution in [1.82, 2.24) is 14.1 Å². The van der Waals surface area contributed by atoms with Crippen LogP contribution < -0.4 is 0 Å². The quantitative estimate of drug-likeness (QED) is 0.554. The molecule has 0 aliphatic carbocycles. The van der Waals surface area contributed by atoms with E-state index in [0.29, 0.717) is 39.0 Å². The average Bonchev–Trinajstić information content (AvgIpc) is 3.43. The summed E-state index contributed by atoms with van der Waals surface area (Å²) in [5.41, 5.74) is 0. The van der Waals surface area contributed by atoms with Crippen LogP contribution in [0.4, 0.5) is 0 Å². The lowest BCUT2D eigenvalue weighted by Gasteiger charge is -2.38. The fourth-order valence-electron chi connectivity index (χ4n) is 4.77. The molecule has 0 unspecified atom stereocenters. The van der Waals surface area contributed by atoms with Crippen LogP contribution in [0.2, 0.25) is 0 Å². The summed E-state index contributed by atoms with van der Waals surface area (Å²) >= 11 is 1.44. The van der Waals surface area contributed by atoms with E-state index in [-0.39, 0.29) is 35.7 Å². The molecule has 34 heavy (non-hydrogen) atoms. The molecule has 0 saturated carbocycles. The van der Waals surface area contributed by atoms with Crippen molar-refractivity contribution in [2.45, 2.75) is 17.7 Å². The number of carbonyl (C=O) groups is 2. The van der Waals surface area contributed by atoms with Gasteiger partial charge in [-0.15, -0.1) is 11.3 Å². The Hall–Kier alpha value is -2.75. The number of hydrogen-bond donors (Lipinski definition) is 0. The maximum atomic E-state index is 13.2. The van der Waals surface area contributed by atoms with Crippen LogP contribution in [-0.2, 0) is 14.8 Å². The Kier molecular flexibility index (Phi) is 6.42. The summed E-state index contributed by atoms with van der Waals surface area (Å²) in [5.74, 6) is -0.00424. The van der Waals surface area contributed by atoms with Gasteiger partial charge in [-0.1, -0.05) is 36.4 Å². The molecule has 7 nitrogen and oxygen atoms in total. The van der Waals surface area contributed by atoms with Crippen LogP contribution in [-0.4, -0.2) is 73.6 Å². The Balaban J connectivity index is 1.17. The lowest BCUT2D eigenvalue weighted by Crippen LogP contribution is -2.53. The summed E-state index contributed by atoms with van der Waals surface area (Å²) in [6, 6.07) is 16.6. The Morgan fingerprint density at radius 3 is 2.18 bits per heavy atom. The van der Waals surface area contributed by atoms with Gasteiger partial charge in [0.25, 0.3) is 5.91 Å². The predicted molar refractivity (Wildman–Crippen MR) is 132 cm³/mol. The lowest BCUT2D eigenvalue weighted by atomic mass is 9.95. The number of fused-ring (bicyclic) bond motifs is 1. The number of piperidine rings is 1. The van der Waals surface area contributed by atoms with Crippen molar-refractivity contribution in [3.63, 3.8) is 0 Å². The van der Waals surface area contributed by atoms with Crippen molar-refractivity contribution in [2.75, 3.05) is 39.3 Å². The predicted octanol–water partition coefficient (Wildman–Crippen LogP) is 3.29. The smallest absolute Gasteiger partial charge is 0.263 e. The second kappa shape index (κ2) is 9.48. The molecule has 3 heterocycles. The van der Waals surface area contributed by atoms with E-state index >= 15 is 0 Å². The third kappa shape index (κ3) is 4.47. The molecule has 2 aliphatic rings. The van der Waals surface area contributed by atoms with Crippen molar-refractivity contribution >= 4 is 43.9 Å². The highest BCUT2D eigenvalue weighted by Gasteiger charge is 2.34. The van der Waals surface area contributed by atoms with Gasteiger partial charge in [-0.3, -0.25) is 9.59 Å². The minimum Gasteiger partial charge on any atom is -0.340 e. The van der Waals surface area contributed by atoms with Crippen LogP contribution in [0.25, 0.3) is 10.8 Å². The van der Waals surface area contributed by atoms with Crippen molar-refractivity contribution < 1.29 is 18.0 Å². The third-order valence-corrected chi connectivity index (χ3v) is 9.52. The minimum atomic E-state index is -3.61. The van der Waals surface area contributed by atoms with Crippen LogP contribution in [0.3, 0.4) is 0 Å². The molecule has 1 aromatic heterocycles. The first-order chi connectivity index (χ1) is 16.4. The molecule has 2 saturated heterocycles. The van der Waals surface area contributed by atoms with Crippen LogP contribution in [0, 0.1) is 5.92 Å². The Morgan fingerprint density at radius 2 is 1.50 bits per heavy atom. The number of thiophene rings is 1. The summed E-state index contributed by atoms with van der Waals surface area (Å²) in [6.07, 6.45) is 1.29. The van der Waals surface area contributed by atoms with Crippen LogP contribution in [0.1, 0.15) is 22.5 Å². The number of nitrogens with zero attached hydrogens (tertiary/aromatic N) is 3. The molecule has 0 N–H and O–H groups in total. The van der Waals surface area contributed by atoms with Crippen molar-refractivity contribution in [3.8, 4) is 0 Å². The van der Waals surface area contributed by atoms with Crippen LogP contribution >= 0.6 is 11.3 Å². The van der Waals surface area contributed by atoms with Crippen molar-refractivity contribution in [2.24, 2.45) is 5.92 Å². The van der Waals surface area contributed by atoms with Gasteiger partial charge in [0.05, 0.1) is 9.77 Å². The van der Waals surface area contributed by atoms with E-state index in [1.165, 1.54) is 15.6 Å². The summed E-state index contributed by atoms with van der Waals surface area (Å²) < 4.78 is 27.9. The molecule has 0 radical (unpaired) electrons. The number of sulfonamides is 1. The van der Waals surface area contributed by atoms with Gasteiger partial charge >= 0.3 is 0 Å². The molecular formula is C25H27N3O4S2. The van der Waals surface area contributed by atoms with Crippen molar-refractivity contribution in [1.29, 1.82) is 0 Å². The molecule has 0 bridgehead atoms. The number of hydrogen-bond acceptors (Lipinski definition) is 5. The van der Waals surface area contributed by atoms with Gasteiger partial charge < -0.3 is 9.80 Å². The highest BCUT2D eigenvalue weighted by Crippen LogP contribution is 2.25. The largest absolute Gasteiger partial charge is 0.340 e. The maximum Gasteiger partial charge on any atom is 0.263 e. The first kappa shape index (κ1) is 23.0. The number of likely N-dealkylation sites (tertiary alicyclic amines) is 1. The summed E-state index contributed by atoms with van der Waals surface area (Å²) in [4.78, 5) is 30.2. The van der Waals surface area contributed by atoms with E-state index in [1.54, 1.807) is 17.0 Å². The Labute approximate surface area is 203 Å². The molecule has 2 amide bonds. The van der Waals surface area contributed by atoms with E-state index in [2.05, 4.69) is 0 Å². The second-order valence-corrected chi connectivity index (χ2v) is 11.7. The summed E-state index contributed by atoms with van der Waals surface area (Å²) in [7, 11) is -3.61. The number of carbonyl (C=O) groups excluding carboxylic acids is 2. The van der Waals surface area contributed by atoms with E-state index in [9.17, 15) is 18.0 Å². The normalized spacial score (nSPS) is 18.4. The standard InChI is InChI=1S/C25H27N3O4S2/c29-24(20-9-11-26(12-10-20)25(30)23-6-3-17-33-23)27-13-15-28(16-14-27)34(31,32)22-8-7-19-4-1-2-5-21(19)18-22/h1-8,17-18,20H,9-16H2. The first-order valence-corrected chi connectivity index (χ1v) is 13.9. The van der Waals surface area contributed by atoms with Crippen LogP contribution in [0.15, 0.2) is 64.9 Å². The van der Waals surface area contributed by atoms with Gasteiger partial charge in [0.1, 0.15) is 0 Å². The molecule has 2 fully saturated rings. The maximum absolute atomic E-state index is 13.2. The molecule has 3 aromatic rings. The van der Waals surface area contributed by atoms with Crippen molar-refractivity contribution in [3.05, 3.63) is 64.9 Å². The second-order valence-electron chi connectivity index (χ2n) is 8.78. The zero-order valence-corrected chi connectivity index (χ0v) is 20.4. The molecule has 0 spiro atoms. The molecule has 178 valence electrons. The third-order valence-electron chi connectivity index (χ3n) is 6.77. The number of amides is 2. The van der Waals surface area contributed by atoms with Gasteiger partial charge in [0, 0.05) is 45.2 Å². The van der Waals surface area contributed by atoms with E-state index in [0.717, 1.165) is 15.6 Å². The minimum absolute atomic E-state index is 0.0356. The SMILES string of the molecule is O=C(c1cccs1)N1CCC(C(=O)N2CCN(S(=O)(=O)c3ccc4ccccc4c3)CC2)CC1. The van der Waals surface area contributed by atoms with Gasteiger partial charge in [-0.25, -0.2) is 8.42 Å². The van der Waals surface area contributed by atoms with Gasteiger partial charge in [0.15, 0.2) is 0 Å². The Bertz CT molecular complexity index is 1290. The molecule has 2 aliphatic heterocycles. The topological polar surface area (TPSA) is 78.0 Å². The van der Waals surface area contributed by atoms with Gasteiger partial charge in [0.2, 0.25) is 15.9 Å². The number of rotatable bonds is 4. The molecule has 0 atom stereocenters. The number of benzene rings is 2. The summed E-state index contributed by atoms with van der Waals surface area (Å²) in [5, 5.41) is 3.78. The molecule has 5 rings (SSSR count). The van der Waals surface area contributed by atoms with Crippen LogP contribution in [0.5, 0.6) is 0 Å². The van der Waals surface area contributed by atoms with E-state index in [1.807, 2.05) is 52.7 Å². The Morgan fingerprint density at radius 1 is 0.794 bits per heavy atom. The fraction of sp³-hybridized carbons (Fsp3) is 0.360. The lowest BCUT2D eigenvalue weighted by molar-refractivity contribution is -0.138. The summed E-state index contributed by atoms with van der Waals surface area (Å²) in [6.45, 7) is 2.50. The average molecular weight is 498 g/mol. The van der Waals surface area contributed by atoms with E-state index < -0.39 is 10.0 Å². The first-order valence-electron chi connectivity index (χ1n) is 11.5. The monoisotopic (exact) mass is 497 g/mol. The fourth-order valence-corrected chi connectivity index (χ4v) is 6.92. The molecule has 2 aromatic carbocycles. The van der Waals surface area contributed by atoms with Gasteiger partial charge in [-0.05, 0) is 47.2 Å². The molecular weight excluding hydrogens is 470 g/mol. The number of piperazine rings is 1. The zero-order valence-electron chi connectivity index (χ0n) is 18.8.